The van der Waals surface area contributed by atoms with Gasteiger partial charge in [-0.3, -0.25) is 0 Å². The summed E-state index contributed by atoms with van der Waals surface area (Å²) < 4.78 is 9.24. The fourth-order valence-electron chi connectivity index (χ4n) is 10.0. The summed E-state index contributed by atoms with van der Waals surface area (Å²) in [6, 6.07) is 69.5. The first kappa shape index (κ1) is 34.8. The van der Waals surface area contributed by atoms with Gasteiger partial charge in [0.15, 0.2) is 0 Å². The predicted octanol–water partition coefficient (Wildman–Crippen LogP) is 15.7. The Hall–Kier alpha value is -8.00. The van der Waals surface area contributed by atoms with Gasteiger partial charge >= 0.3 is 0 Å². The van der Waals surface area contributed by atoms with Crippen LogP contribution in [-0.4, -0.2) is 9.13 Å². The van der Waals surface area contributed by atoms with Crippen molar-refractivity contribution in [2.45, 2.75) is 0 Å². The van der Waals surface area contributed by atoms with E-state index in [4.69, 9.17) is 0 Å². The van der Waals surface area contributed by atoms with E-state index in [2.05, 4.69) is 203 Å². The molecule has 4 heterocycles. The summed E-state index contributed by atoms with van der Waals surface area (Å²) in [7, 11) is 0. The van der Waals surface area contributed by atoms with Gasteiger partial charge in [0, 0.05) is 73.0 Å². The van der Waals surface area contributed by atoms with Crippen LogP contribution < -0.4 is 0 Å². The van der Waals surface area contributed by atoms with Crippen LogP contribution in [0.5, 0.6) is 0 Å². The lowest BCUT2D eigenvalue weighted by Gasteiger charge is -2.25. The van der Waals surface area contributed by atoms with Gasteiger partial charge in [-0.15, -0.1) is 22.7 Å². The zero-order chi connectivity index (χ0) is 41.1. The van der Waals surface area contributed by atoms with Crippen molar-refractivity contribution in [3.05, 3.63) is 193 Å². The van der Waals surface area contributed by atoms with Gasteiger partial charge in [0.2, 0.25) is 0 Å². The maximum absolute atomic E-state index is 12.1. The Morgan fingerprint density at radius 1 is 0.323 bits per heavy atom. The third-order valence-corrected chi connectivity index (χ3v) is 14.9. The van der Waals surface area contributed by atoms with Crippen molar-refractivity contribution in [2.24, 2.45) is 0 Å². The minimum Gasteiger partial charge on any atom is -0.307 e. The minimum atomic E-state index is 0.497. The molecule has 0 N–H and O–H groups in total. The lowest BCUT2D eigenvalue weighted by Crippen LogP contribution is -2.11. The van der Waals surface area contributed by atoms with Gasteiger partial charge in [-0.25, -0.2) is 0 Å². The number of benzene rings is 9. The van der Waals surface area contributed by atoms with Gasteiger partial charge in [0.25, 0.3) is 0 Å². The Labute approximate surface area is 363 Å². The Bertz CT molecular complexity index is 3770. The second-order valence-corrected chi connectivity index (χ2v) is 17.9. The molecule has 9 aromatic carbocycles. The first-order chi connectivity index (χ1) is 30.7. The zero-order valence-corrected chi connectivity index (χ0v) is 34.6. The molecular weight excluding hydrogens is 793 g/mol. The van der Waals surface area contributed by atoms with Crippen LogP contribution in [0, 0.1) is 22.7 Å². The number of fused-ring (bicyclic) bond motifs is 12. The standard InChI is InChI=1S/C56H30N4S2/c57-31-43-54(34-26-28-52-42(30-34)40-18-6-12-24-50(40)62-52)56(60-47-21-9-3-15-37(47)38-16-4-10-22-48(38)60)44(32-58)53(33-25-27-51-41(29-33)39-17-5-11-23-49(39)61-51)55(43)59-45-19-7-1-13-35(45)36-14-2-8-20-46(36)59/h1-30H. The van der Waals surface area contributed by atoms with E-state index < -0.39 is 0 Å². The molecule has 0 amide bonds. The third-order valence-electron chi connectivity index (χ3n) is 12.6. The summed E-state index contributed by atoms with van der Waals surface area (Å²) >= 11 is 3.54. The highest BCUT2D eigenvalue weighted by atomic mass is 32.1. The zero-order valence-electron chi connectivity index (χ0n) is 32.9. The van der Waals surface area contributed by atoms with E-state index in [0.29, 0.717) is 22.5 Å². The van der Waals surface area contributed by atoms with Crippen LogP contribution in [0.3, 0.4) is 0 Å². The fourth-order valence-corrected chi connectivity index (χ4v) is 12.2. The number of aromatic nitrogens is 2. The normalized spacial score (nSPS) is 11.8. The number of hydrogen-bond acceptors (Lipinski definition) is 4. The average molecular weight is 823 g/mol. The molecule has 4 aromatic heterocycles. The molecule has 0 aliphatic carbocycles. The molecule has 0 saturated heterocycles. The molecule has 0 bridgehead atoms. The smallest absolute Gasteiger partial charge is 0.102 e. The topological polar surface area (TPSA) is 57.4 Å². The second kappa shape index (κ2) is 13.3. The molecule has 0 radical (unpaired) electrons. The largest absolute Gasteiger partial charge is 0.307 e. The molecule has 286 valence electrons. The van der Waals surface area contributed by atoms with Crippen molar-refractivity contribution < 1.29 is 0 Å². The summed E-state index contributed by atoms with van der Waals surface area (Å²) in [5.74, 6) is 0. The third kappa shape index (κ3) is 4.79. The van der Waals surface area contributed by atoms with E-state index >= 15 is 0 Å². The number of para-hydroxylation sites is 4. The summed E-state index contributed by atoms with van der Waals surface area (Å²) in [6.45, 7) is 0. The van der Waals surface area contributed by atoms with Crippen LogP contribution in [0.15, 0.2) is 182 Å². The quantitative estimate of drug-likeness (QED) is 0.178. The second-order valence-electron chi connectivity index (χ2n) is 15.8. The van der Waals surface area contributed by atoms with Gasteiger partial charge in [-0.05, 0) is 71.8 Å². The lowest BCUT2D eigenvalue weighted by molar-refractivity contribution is 1.13. The molecule has 13 rings (SSSR count). The van der Waals surface area contributed by atoms with Crippen molar-refractivity contribution in [3.63, 3.8) is 0 Å². The number of nitrogens with zero attached hydrogens (tertiary/aromatic N) is 4. The highest BCUT2D eigenvalue weighted by Gasteiger charge is 2.32. The number of nitriles is 2. The molecule has 0 unspecified atom stereocenters. The minimum absolute atomic E-state index is 0.497. The molecule has 0 spiro atoms. The Balaban J connectivity index is 1.30. The summed E-state index contributed by atoms with van der Waals surface area (Å²) in [5.41, 5.74) is 9.42. The maximum Gasteiger partial charge on any atom is 0.102 e. The number of thiophene rings is 2. The van der Waals surface area contributed by atoms with Crippen LogP contribution in [0.25, 0.3) is 118 Å². The Morgan fingerprint density at radius 2 is 0.629 bits per heavy atom. The van der Waals surface area contributed by atoms with Crippen LogP contribution in [0.1, 0.15) is 11.1 Å². The van der Waals surface area contributed by atoms with Crippen LogP contribution in [0.2, 0.25) is 0 Å². The first-order valence-electron chi connectivity index (χ1n) is 20.5. The molecule has 0 atom stereocenters. The van der Waals surface area contributed by atoms with Crippen molar-refractivity contribution in [2.75, 3.05) is 0 Å². The molecule has 62 heavy (non-hydrogen) atoms. The number of rotatable bonds is 4. The molecule has 0 aliphatic rings. The molecular formula is C56H30N4S2. The summed E-state index contributed by atoms with van der Waals surface area (Å²) in [5, 5.41) is 33.0. The number of hydrogen-bond donors (Lipinski definition) is 0. The highest BCUT2D eigenvalue weighted by molar-refractivity contribution is 7.26. The molecule has 6 heteroatoms. The van der Waals surface area contributed by atoms with E-state index in [1.165, 1.54) is 29.6 Å². The first-order valence-corrected chi connectivity index (χ1v) is 22.2. The fraction of sp³-hybridized carbons (Fsp3) is 0. The van der Waals surface area contributed by atoms with Gasteiger partial charge in [0.05, 0.1) is 44.6 Å². The monoisotopic (exact) mass is 822 g/mol. The molecule has 4 nitrogen and oxygen atoms in total. The van der Waals surface area contributed by atoms with Crippen molar-refractivity contribution in [1.29, 1.82) is 10.5 Å². The molecule has 0 aliphatic heterocycles. The Morgan fingerprint density at radius 3 is 0.984 bits per heavy atom. The van der Waals surface area contributed by atoms with Crippen LogP contribution in [-0.2, 0) is 0 Å². The maximum atomic E-state index is 12.1. The molecule has 13 aromatic rings. The predicted molar refractivity (Wildman–Crippen MR) is 261 cm³/mol. The average Bonchev–Trinajstić information content (AvgIpc) is 4.08. The molecule has 0 saturated carbocycles. The summed E-state index contributed by atoms with van der Waals surface area (Å²) in [6.07, 6.45) is 0. The van der Waals surface area contributed by atoms with Crippen molar-refractivity contribution in [3.8, 4) is 45.8 Å². The molecule has 0 fully saturated rings. The van der Waals surface area contributed by atoms with E-state index in [0.717, 1.165) is 76.6 Å². The van der Waals surface area contributed by atoms with Gasteiger partial charge < -0.3 is 9.13 Å². The van der Waals surface area contributed by atoms with Crippen molar-refractivity contribution >= 4 is 107 Å². The van der Waals surface area contributed by atoms with E-state index in [1.54, 1.807) is 22.7 Å². The summed E-state index contributed by atoms with van der Waals surface area (Å²) in [4.78, 5) is 0. The van der Waals surface area contributed by atoms with Crippen molar-refractivity contribution in [1.82, 2.24) is 9.13 Å². The van der Waals surface area contributed by atoms with Crippen LogP contribution >= 0.6 is 22.7 Å². The van der Waals surface area contributed by atoms with E-state index in [1.807, 2.05) is 0 Å². The van der Waals surface area contributed by atoms with Gasteiger partial charge in [-0.2, -0.15) is 10.5 Å². The lowest BCUT2D eigenvalue weighted by atomic mass is 9.85. The SMILES string of the molecule is N#Cc1c(-c2ccc3sc4ccccc4c3c2)c(-n2c3ccccc3c3ccccc32)c(C#N)c(-c2ccc3sc4ccccc4c3c2)c1-n1c2ccccc2c2ccccc21. The Kier molecular flexibility index (Phi) is 7.44. The van der Waals surface area contributed by atoms with Crippen LogP contribution in [0.4, 0.5) is 0 Å². The van der Waals surface area contributed by atoms with Gasteiger partial charge in [0.1, 0.15) is 12.1 Å². The highest BCUT2D eigenvalue weighted by Crippen LogP contribution is 2.50. The van der Waals surface area contributed by atoms with Gasteiger partial charge in [-0.1, -0.05) is 121 Å². The van der Waals surface area contributed by atoms with E-state index in [9.17, 15) is 10.5 Å². The van der Waals surface area contributed by atoms with E-state index in [-0.39, 0.29) is 0 Å².